The number of alkyl halides is 1. The Kier molecular flexibility index (Phi) is 10.9. The number of hydrogen-bond donors (Lipinski definition) is 3. The summed E-state index contributed by atoms with van der Waals surface area (Å²) in [6, 6.07) is 7.62. The molecule has 2 aliphatic rings. The highest BCUT2D eigenvalue weighted by Gasteiger charge is 2.41. The first-order valence-electron chi connectivity index (χ1n) is 16.7. The van der Waals surface area contributed by atoms with E-state index in [9.17, 15) is 13.9 Å². The van der Waals surface area contributed by atoms with Gasteiger partial charge in [-0.25, -0.2) is 13.8 Å². The van der Waals surface area contributed by atoms with E-state index in [-0.39, 0.29) is 29.9 Å². The van der Waals surface area contributed by atoms with Gasteiger partial charge in [-0.2, -0.15) is 0 Å². The molecule has 2 unspecified atom stereocenters. The summed E-state index contributed by atoms with van der Waals surface area (Å²) < 4.78 is 34.3. The second-order valence-corrected chi connectivity index (χ2v) is 13.9. The lowest BCUT2D eigenvalue weighted by molar-refractivity contribution is -0.00773. The van der Waals surface area contributed by atoms with Gasteiger partial charge >= 0.3 is 0 Å². The van der Waals surface area contributed by atoms with Gasteiger partial charge in [0, 0.05) is 53.7 Å². The number of nitrogens with one attached hydrogen (secondary N) is 1. The molecule has 3 aromatic rings. The number of nitrogens with two attached hydrogens (primary N) is 1. The molecule has 4 N–H and O–H groups in total. The number of allylic oxidation sites excluding steroid dienone is 4. The number of nitrogens with zero attached hydrogens (tertiary/aromatic N) is 3. The molecule has 1 saturated carbocycles. The van der Waals surface area contributed by atoms with E-state index in [0.717, 1.165) is 41.5 Å². The van der Waals surface area contributed by atoms with Crippen molar-refractivity contribution in [3.63, 3.8) is 0 Å². The lowest BCUT2D eigenvalue weighted by Crippen LogP contribution is -2.45. The first kappa shape index (κ1) is 36.2. The number of methoxy groups -OCH3 is 1. The number of aliphatic imine (C=N–C) groups is 1. The second-order valence-electron chi connectivity index (χ2n) is 13.5. The van der Waals surface area contributed by atoms with Gasteiger partial charge in [0.15, 0.2) is 0 Å². The maximum absolute atomic E-state index is 14.9. The zero-order valence-corrected chi connectivity index (χ0v) is 29.8. The summed E-state index contributed by atoms with van der Waals surface area (Å²) in [4.78, 5) is 13.8. The molecule has 2 aliphatic carbocycles. The van der Waals surface area contributed by atoms with Crippen LogP contribution in [0.25, 0.3) is 17.0 Å². The number of ether oxygens (including phenoxy) is 1. The van der Waals surface area contributed by atoms with Gasteiger partial charge in [-0.3, -0.25) is 9.98 Å². The molecule has 2 heterocycles. The number of benzene rings is 1. The Morgan fingerprint density at radius 3 is 2.63 bits per heavy atom. The van der Waals surface area contributed by atoms with Crippen molar-refractivity contribution in [2.45, 2.75) is 84.0 Å². The van der Waals surface area contributed by atoms with E-state index in [2.05, 4.69) is 36.1 Å². The van der Waals surface area contributed by atoms with Crippen LogP contribution in [0.3, 0.4) is 0 Å². The number of anilines is 1. The molecule has 0 radical (unpaired) electrons. The van der Waals surface area contributed by atoms with E-state index < -0.39 is 18.2 Å². The summed E-state index contributed by atoms with van der Waals surface area (Å²) in [5, 5.41) is 16.7. The van der Waals surface area contributed by atoms with Crippen LogP contribution in [0.2, 0.25) is 5.02 Å². The molecule has 7 nitrogen and oxygen atoms in total. The molecule has 1 fully saturated rings. The minimum atomic E-state index is -1.70. The first-order valence-corrected chi connectivity index (χ1v) is 17.1. The van der Waals surface area contributed by atoms with Crippen LogP contribution in [0.4, 0.5) is 14.5 Å². The molecular weight excluding hydrogens is 644 g/mol. The van der Waals surface area contributed by atoms with Crippen LogP contribution < -0.4 is 15.8 Å². The molecule has 10 heteroatoms. The van der Waals surface area contributed by atoms with E-state index in [1.165, 1.54) is 12.3 Å². The van der Waals surface area contributed by atoms with E-state index in [0.29, 0.717) is 45.1 Å². The molecule has 0 spiro atoms. The fourth-order valence-corrected chi connectivity index (χ4v) is 6.39. The third kappa shape index (κ3) is 7.73. The lowest BCUT2D eigenvalue weighted by Gasteiger charge is -2.38. The van der Waals surface area contributed by atoms with Crippen molar-refractivity contribution >= 4 is 29.2 Å². The Morgan fingerprint density at radius 1 is 1.24 bits per heavy atom. The Morgan fingerprint density at radius 2 is 2.00 bits per heavy atom. The van der Waals surface area contributed by atoms with E-state index in [1.807, 2.05) is 44.2 Å². The summed E-state index contributed by atoms with van der Waals surface area (Å²) >= 11 is 6.67. The number of hydrogen-bond acceptors (Lipinski definition) is 7. The van der Waals surface area contributed by atoms with Gasteiger partial charge in [0.2, 0.25) is 0 Å². The molecule has 49 heavy (non-hydrogen) atoms. The van der Waals surface area contributed by atoms with Crippen LogP contribution in [0.1, 0.15) is 87.0 Å². The number of aromatic nitrogens is 2. The molecule has 0 aliphatic heterocycles. The zero-order chi connectivity index (χ0) is 35.5. The normalized spacial score (nSPS) is 18.0. The van der Waals surface area contributed by atoms with Gasteiger partial charge in [-0.05, 0) is 80.0 Å². The van der Waals surface area contributed by atoms with Crippen molar-refractivity contribution in [1.29, 1.82) is 0 Å². The summed E-state index contributed by atoms with van der Waals surface area (Å²) in [6.45, 7) is 9.42. The molecule has 260 valence electrons. The van der Waals surface area contributed by atoms with Crippen molar-refractivity contribution in [3.8, 4) is 17.0 Å². The molecule has 2 atom stereocenters. The Labute approximate surface area is 293 Å². The van der Waals surface area contributed by atoms with Crippen LogP contribution in [0, 0.1) is 12.8 Å². The largest absolute Gasteiger partial charge is 0.495 e. The van der Waals surface area contributed by atoms with Gasteiger partial charge in [0.1, 0.15) is 23.9 Å². The Balaban J connectivity index is 1.64. The van der Waals surface area contributed by atoms with Gasteiger partial charge in [-0.15, -0.1) is 0 Å². The van der Waals surface area contributed by atoms with Gasteiger partial charge in [-0.1, -0.05) is 50.6 Å². The van der Waals surface area contributed by atoms with Crippen LogP contribution in [0.15, 0.2) is 65.6 Å². The third-order valence-electron chi connectivity index (χ3n) is 9.80. The maximum Gasteiger partial charge on any atom is 0.143 e. The number of nitrogen functional groups attached to an aromatic ring is 1. The van der Waals surface area contributed by atoms with Gasteiger partial charge in [0.05, 0.1) is 40.9 Å². The third-order valence-corrected chi connectivity index (χ3v) is 10.1. The molecule has 5 rings (SSSR count). The van der Waals surface area contributed by atoms with Crippen molar-refractivity contribution in [3.05, 3.63) is 99.3 Å². The van der Waals surface area contributed by atoms with E-state index in [4.69, 9.17) is 27.1 Å². The monoisotopic (exact) mass is 689 g/mol. The topological polar surface area (TPSA) is 106 Å². The summed E-state index contributed by atoms with van der Waals surface area (Å²) in [7, 11) is 1.57. The highest BCUT2D eigenvalue weighted by molar-refractivity contribution is 6.33. The average molecular weight is 690 g/mol. The van der Waals surface area contributed by atoms with Crippen molar-refractivity contribution < 1.29 is 18.6 Å². The highest BCUT2D eigenvalue weighted by Crippen LogP contribution is 2.43. The SMILES string of the molecule is CC=C(NCC(O)(c1cc(C(C)(C)CC)c(C)c(-c2cc(CF)ncc2Cl)n1)C1C=CC=C(F)C1)c1cc(C=NC2CC2)c(N)c(OC)c1. The quantitative estimate of drug-likeness (QED) is 0.123. The van der Waals surface area contributed by atoms with Crippen molar-refractivity contribution in [2.24, 2.45) is 10.9 Å². The Bertz CT molecular complexity index is 1830. The maximum atomic E-state index is 14.9. The van der Waals surface area contributed by atoms with Gasteiger partial charge in [0.25, 0.3) is 0 Å². The number of rotatable bonds is 13. The summed E-state index contributed by atoms with van der Waals surface area (Å²) in [6.07, 6.45) is 12.9. The van der Waals surface area contributed by atoms with Crippen LogP contribution in [-0.4, -0.2) is 41.0 Å². The molecular formula is C39H46ClF2N5O2. The predicted octanol–water partition coefficient (Wildman–Crippen LogP) is 8.70. The number of pyridine rings is 2. The fraction of sp³-hybridized carbons (Fsp3) is 0.410. The molecule has 1 aromatic carbocycles. The van der Waals surface area contributed by atoms with Gasteiger partial charge < -0.3 is 20.9 Å². The van der Waals surface area contributed by atoms with Crippen LogP contribution in [-0.2, 0) is 17.7 Å². The Hall–Kier alpha value is -4.08. The van der Waals surface area contributed by atoms with Crippen LogP contribution >= 0.6 is 11.6 Å². The zero-order valence-electron chi connectivity index (χ0n) is 29.1. The van der Waals surface area contributed by atoms with E-state index >= 15 is 0 Å². The smallest absolute Gasteiger partial charge is 0.143 e. The highest BCUT2D eigenvalue weighted by atomic mass is 35.5. The molecule has 2 aromatic heterocycles. The second kappa shape index (κ2) is 14.8. The fourth-order valence-electron chi connectivity index (χ4n) is 6.19. The first-order chi connectivity index (χ1) is 23.3. The predicted molar refractivity (Wildman–Crippen MR) is 195 cm³/mol. The van der Waals surface area contributed by atoms with Crippen LogP contribution in [0.5, 0.6) is 5.75 Å². The van der Waals surface area contributed by atoms with E-state index in [1.54, 1.807) is 25.5 Å². The minimum absolute atomic E-state index is 0.0171. The molecule has 0 saturated heterocycles. The number of halogens is 3. The number of aliphatic hydroxyl groups is 1. The van der Waals surface area contributed by atoms with Crippen molar-refractivity contribution in [2.75, 3.05) is 19.4 Å². The minimum Gasteiger partial charge on any atom is -0.495 e. The summed E-state index contributed by atoms with van der Waals surface area (Å²) in [5.74, 6) is -0.502. The molecule has 0 bridgehead atoms. The van der Waals surface area contributed by atoms with Crippen molar-refractivity contribution in [1.82, 2.24) is 15.3 Å². The summed E-state index contributed by atoms with van der Waals surface area (Å²) in [5.41, 5.74) is 10.5. The average Bonchev–Trinajstić information content (AvgIpc) is 3.93. The molecule has 0 amide bonds. The standard InChI is InChI=1S/C39H46ClF2N5O2/c1-7-33(24-14-25(20-44-28-12-13-28)36(43)34(15-24)49-6)46-22-39(48,26-10-9-11-27(42)16-26)35-18-31(38(4,5)8-2)23(3)37(47-35)30-17-29(19-41)45-21-32(30)40/h7,9-11,14-15,17-18,20-21,26,28,46,48H,8,12-13,16,19,22,43H2,1-6H3. The lowest BCUT2D eigenvalue weighted by atomic mass is 9.75.